The van der Waals surface area contributed by atoms with E-state index in [9.17, 15) is 19.6 Å². The standard InChI is InChI=1S/C25H33N5O4S2/c1-4-27-11-13-28(14-12-27)22-18(17(3)19(16-26)23(33)29(22)5-2)15-20-24(34)30(25(35)36-20)10-8-6-7-9-21(31)32/h15H,4-14H2,1-3H3,(H,31,32)/b20-15-. The number of amides is 1. The van der Waals surface area contributed by atoms with E-state index in [0.717, 1.165) is 38.5 Å². The number of thioether (sulfide) groups is 1. The van der Waals surface area contributed by atoms with Crippen LogP contribution in [0, 0.1) is 18.3 Å². The molecule has 0 radical (unpaired) electrons. The SMILES string of the molecule is CCN1CCN(c2c(/C=C3\SC(=S)N(CCCCCC(=O)O)C3=O)c(C)c(C#N)c(=O)n2CC)CC1. The van der Waals surface area contributed by atoms with Gasteiger partial charge < -0.3 is 14.9 Å². The summed E-state index contributed by atoms with van der Waals surface area (Å²) in [5.74, 6) is -0.276. The van der Waals surface area contributed by atoms with Gasteiger partial charge >= 0.3 is 5.97 Å². The summed E-state index contributed by atoms with van der Waals surface area (Å²) in [6.07, 6.45) is 3.82. The minimum absolute atomic E-state index is 0.0907. The molecule has 1 aromatic rings. The average Bonchev–Trinajstić information content (AvgIpc) is 3.12. The molecular formula is C25H33N5O4S2. The largest absolute Gasteiger partial charge is 0.481 e. The summed E-state index contributed by atoms with van der Waals surface area (Å²) in [6.45, 7) is 10.8. The van der Waals surface area contributed by atoms with E-state index in [-0.39, 0.29) is 23.5 Å². The van der Waals surface area contributed by atoms with E-state index in [2.05, 4.69) is 22.8 Å². The lowest BCUT2D eigenvalue weighted by Crippen LogP contribution is -2.48. The van der Waals surface area contributed by atoms with Gasteiger partial charge in [0.15, 0.2) is 0 Å². The molecule has 0 spiro atoms. The molecule has 0 bridgehead atoms. The van der Waals surface area contributed by atoms with Gasteiger partial charge in [-0.2, -0.15) is 5.26 Å². The zero-order chi connectivity index (χ0) is 26.4. The number of aliphatic carboxylic acids is 1. The van der Waals surface area contributed by atoms with Crippen molar-refractivity contribution in [2.45, 2.75) is 53.0 Å². The zero-order valence-electron chi connectivity index (χ0n) is 21.1. The van der Waals surface area contributed by atoms with Crippen molar-refractivity contribution < 1.29 is 14.7 Å². The molecule has 2 aliphatic rings. The number of anilines is 1. The number of nitrogens with zero attached hydrogens (tertiary/aromatic N) is 5. The maximum absolute atomic E-state index is 13.3. The highest BCUT2D eigenvalue weighted by Crippen LogP contribution is 2.36. The van der Waals surface area contributed by atoms with Crippen LogP contribution in [-0.2, 0) is 16.1 Å². The minimum Gasteiger partial charge on any atom is -0.481 e. The summed E-state index contributed by atoms with van der Waals surface area (Å²) < 4.78 is 2.10. The van der Waals surface area contributed by atoms with Gasteiger partial charge in [-0.25, -0.2) is 0 Å². The van der Waals surface area contributed by atoms with Crippen LogP contribution in [0.4, 0.5) is 5.82 Å². The molecule has 1 N–H and O–H groups in total. The highest BCUT2D eigenvalue weighted by atomic mass is 32.2. The number of carbonyl (C=O) groups is 2. The first-order chi connectivity index (χ1) is 17.2. The van der Waals surface area contributed by atoms with Crippen molar-refractivity contribution in [2.75, 3.05) is 44.2 Å². The molecule has 36 heavy (non-hydrogen) atoms. The van der Waals surface area contributed by atoms with Crippen molar-refractivity contribution in [3.05, 3.63) is 31.9 Å². The Morgan fingerprint density at radius 1 is 1.14 bits per heavy atom. The maximum Gasteiger partial charge on any atom is 0.303 e. The second kappa shape index (κ2) is 12.5. The van der Waals surface area contributed by atoms with E-state index in [1.807, 2.05) is 6.92 Å². The van der Waals surface area contributed by atoms with Gasteiger partial charge in [-0.15, -0.1) is 0 Å². The van der Waals surface area contributed by atoms with E-state index in [1.54, 1.807) is 22.5 Å². The van der Waals surface area contributed by atoms with E-state index < -0.39 is 5.97 Å². The Morgan fingerprint density at radius 3 is 2.42 bits per heavy atom. The molecule has 3 rings (SSSR count). The lowest BCUT2D eigenvalue weighted by atomic mass is 10.0. The van der Waals surface area contributed by atoms with Crippen LogP contribution in [0.25, 0.3) is 6.08 Å². The Morgan fingerprint density at radius 2 is 1.83 bits per heavy atom. The number of carboxylic acid groups (broad SMARTS) is 1. The van der Waals surface area contributed by atoms with E-state index in [1.165, 1.54) is 11.8 Å². The molecule has 0 atom stereocenters. The highest BCUT2D eigenvalue weighted by molar-refractivity contribution is 8.26. The van der Waals surface area contributed by atoms with Crippen molar-refractivity contribution in [3.63, 3.8) is 0 Å². The quantitative estimate of drug-likeness (QED) is 0.277. The topological polar surface area (TPSA) is 110 Å². The fourth-order valence-corrected chi connectivity index (χ4v) is 5.89. The number of carboxylic acids is 1. The molecule has 0 unspecified atom stereocenters. The number of rotatable bonds is 10. The molecule has 1 amide bonds. The van der Waals surface area contributed by atoms with Crippen LogP contribution in [0.5, 0.6) is 0 Å². The van der Waals surface area contributed by atoms with Crippen molar-refractivity contribution in [1.29, 1.82) is 5.26 Å². The smallest absolute Gasteiger partial charge is 0.303 e. The number of pyridine rings is 1. The third kappa shape index (κ3) is 5.99. The van der Waals surface area contributed by atoms with Gasteiger partial charge in [0.2, 0.25) is 0 Å². The number of thiocarbonyl (C=S) groups is 1. The third-order valence-electron chi connectivity index (χ3n) is 6.70. The molecule has 0 saturated carbocycles. The molecule has 3 heterocycles. The van der Waals surface area contributed by atoms with Crippen molar-refractivity contribution >= 4 is 52.1 Å². The first-order valence-electron chi connectivity index (χ1n) is 12.3. The van der Waals surface area contributed by atoms with Crippen molar-refractivity contribution in [2.24, 2.45) is 0 Å². The number of aromatic nitrogens is 1. The molecule has 11 heteroatoms. The lowest BCUT2D eigenvalue weighted by Gasteiger charge is -2.37. The van der Waals surface area contributed by atoms with E-state index >= 15 is 0 Å². The Labute approximate surface area is 221 Å². The molecule has 2 saturated heterocycles. The summed E-state index contributed by atoms with van der Waals surface area (Å²) in [5, 5.41) is 18.5. The van der Waals surface area contributed by atoms with Crippen LogP contribution in [0.15, 0.2) is 9.70 Å². The normalized spacial score (nSPS) is 17.8. The van der Waals surface area contributed by atoms with Crippen LogP contribution in [0.2, 0.25) is 0 Å². The Balaban J connectivity index is 1.96. The molecule has 194 valence electrons. The van der Waals surface area contributed by atoms with Gasteiger partial charge in [0, 0.05) is 51.3 Å². The molecule has 2 aliphatic heterocycles. The fraction of sp³-hybridized carbons (Fsp3) is 0.560. The average molecular weight is 532 g/mol. The number of unbranched alkanes of at least 4 members (excludes halogenated alkanes) is 2. The minimum atomic E-state index is -0.823. The van der Waals surface area contributed by atoms with E-state index in [0.29, 0.717) is 52.7 Å². The van der Waals surface area contributed by atoms with Crippen LogP contribution in [-0.4, -0.2) is 74.9 Å². The second-order valence-electron chi connectivity index (χ2n) is 8.86. The van der Waals surface area contributed by atoms with Crippen LogP contribution in [0.1, 0.15) is 56.2 Å². The molecular weight excluding hydrogens is 498 g/mol. The van der Waals surface area contributed by atoms with Crippen LogP contribution in [0.3, 0.4) is 0 Å². The molecule has 0 aromatic carbocycles. The van der Waals surface area contributed by atoms with Crippen molar-refractivity contribution in [3.8, 4) is 6.07 Å². The van der Waals surface area contributed by atoms with Gasteiger partial charge in [0.1, 0.15) is 21.8 Å². The zero-order valence-corrected chi connectivity index (χ0v) is 22.7. The van der Waals surface area contributed by atoms with Gasteiger partial charge in [0.05, 0.1) is 4.91 Å². The molecule has 2 fully saturated rings. The fourth-order valence-electron chi connectivity index (χ4n) is 4.60. The van der Waals surface area contributed by atoms with Crippen LogP contribution >= 0.6 is 24.0 Å². The number of hydrogen-bond donors (Lipinski definition) is 1. The predicted molar refractivity (Wildman–Crippen MR) is 146 cm³/mol. The summed E-state index contributed by atoms with van der Waals surface area (Å²) in [5.41, 5.74) is 1.06. The first-order valence-corrected chi connectivity index (χ1v) is 13.6. The number of piperazine rings is 1. The Bertz CT molecular complexity index is 1160. The summed E-state index contributed by atoms with van der Waals surface area (Å²) >= 11 is 6.70. The Kier molecular flexibility index (Phi) is 9.70. The third-order valence-corrected chi connectivity index (χ3v) is 8.08. The van der Waals surface area contributed by atoms with Crippen molar-refractivity contribution in [1.82, 2.24) is 14.4 Å². The molecule has 1 aromatic heterocycles. The van der Waals surface area contributed by atoms with Crippen LogP contribution < -0.4 is 10.5 Å². The monoisotopic (exact) mass is 531 g/mol. The predicted octanol–water partition coefficient (Wildman–Crippen LogP) is 3.04. The lowest BCUT2D eigenvalue weighted by molar-refractivity contribution is -0.137. The number of hydrogen-bond acceptors (Lipinski definition) is 8. The van der Waals surface area contributed by atoms with E-state index in [4.69, 9.17) is 17.3 Å². The molecule has 9 nitrogen and oxygen atoms in total. The number of nitriles is 1. The summed E-state index contributed by atoms with van der Waals surface area (Å²) in [7, 11) is 0. The van der Waals surface area contributed by atoms with Gasteiger partial charge in [0.25, 0.3) is 11.5 Å². The number of carbonyl (C=O) groups excluding carboxylic acids is 1. The molecule has 0 aliphatic carbocycles. The second-order valence-corrected chi connectivity index (χ2v) is 10.5. The summed E-state index contributed by atoms with van der Waals surface area (Å²) in [4.78, 5) is 43.7. The Hall–Kier alpha value is -2.68. The van der Waals surface area contributed by atoms with Gasteiger partial charge in [-0.3, -0.25) is 23.9 Å². The first kappa shape index (κ1) is 27.9. The highest BCUT2D eigenvalue weighted by Gasteiger charge is 2.33. The number of likely N-dealkylation sites (N-methyl/N-ethyl adjacent to an activating group) is 1. The summed E-state index contributed by atoms with van der Waals surface area (Å²) in [6, 6.07) is 2.07. The van der Waals surface area contributed by atoms with Gasteiger partial charge in [-0.1, -0.05) is 37.3 Å². The van der Waals surface area contributed by atoms with Gasteiger partial charge in [-0.05, 0) is 44.9 Å². The maximum atomic E-state index is 13.3.